The lowest BCUT2D eigenvalue weighted by atomic mass is 10.1. The van der Waals surface area contributed by atoms with Crippen LogP contribution in [-0.4, -0.2) is 11.2 Å². The number of aryl methyl sites for hydroxylation is 1. The number of halogens is 2. The third kappa shape index (κ3) is 3.14. The number of aromatic nitrogens is 1. The van der Waals surface area contributed by atoms with Crippen LogP contribution >= 0.6 is 27.3 Å². The van der Waals surface area contributed by atoms with Crippen molar-refractivity contribution in [2.45, 2.75) is 12.3 Å². The molecule has 1 aromatic carbocycles. The second kappa shape index (κ2) is 6.06. The first kappa shape index (κ1) is 13.2. The number of thiazole rings is 1. The third-order valence-electron chi connectivity index (χ3n) is 2.26. The van der Waals surface area contributed by atoms with Crippen molar-refractivity contribution in [2.24, 2.45) is 5.10 Å². The van der Waals surface area contributed by atoms with E-state index in [1.165, 1.54) is 23.6 Å². The van der Waals surface area contributed by atoms with Crippen LogP contribution in [0.2, 0.25) is 0 Å². The van der Waals surface area contributed by atoms with E-state index < -0.39 is 0 Å². The molecule has 1 N–H and O–H groups in total. The fourth-order valence-electron chi connectivity index (χ4n) is 1.40. The highest BCUT2D eigenvalue weighted by Gasteiger charge is 2.04. The van der Waals surface area contributed by atoms with Crippen molar-refractivity contribution in [3.8, 4) is 0 Å². The van der Waals surface area contributed by atoms with Crippen LogP contribution in [-0.2, 0) is 5.33 Å². The van der Waals surface area contributed by atoms with E-state index in [0.29, 0.717) is 16.0 Å². The van der Waals surface area contributed by atoms with Gasteiger partial charge in [0, 0.05) is 16.3 Å². The van der Waals surface area contributed by atoms with E-state index in [4.69, 9.17) is 0 Å². The van der Waals surface area contributed by atoms with Gasteiger partial charge in [0.05, 0.1) is 11.9 Å². The normalized spacial score (nSPS) is 11.1. The van der Waals surface area contributed by atoms with Crippen LogP contribution in [0.4, 0.5) is 9.52 Å². The van der Waals surface area contributed by atoms with Gasteiger partial charge in [-0.05, 0) is 18.6 Å². The average molecular weight is 328 g/mol. The molecule has 2 aromatic rings. The Morgan fingerprint density at radius 1 is 1.56 bits per heavy atom. The van der Waals surface area contributed by atoms with E-state index in [1.807, 2.05) is 18.4 Å². The zero-order valence-electron chi connectivity index (χ0n) is 9.65. The van der Waals surface area contributed by atoms with Crippen LogP contribution in [0.25, 0.3) is 0 Å². The molecular formula is C12H11BrFN3S. The van der Waals surface area contributed by atoms with Crippen molar-refractivity contribution in [3.05, 3.63) is 46.2 Å². The molecule has 0 amide bonds. The molecule has 3 nitrogen and oxygen atoms in total. The van der Waals surface area contributed by atoms with Gasteiger partial charge in [-0.25, -0.2) is 9.37 Å². The standard InChI is InChI=1S/C12H11BrFN3S/c1-8-7-18-12(16-8)17-15-6-10-9(5-13)3-2-4-11(10)14/h2-4,6-7H,5H2,1H3,(H,16,17). The van der Waals surface area contributed by atoms with Gasteiger partial charge < -0.3 is 0 Å². The highest BCUT2D eigenvalue weighted by Crippen LogP contribution is 2.16. The zero-order valence-corrected chi connectivity index (χ0v) is 12.1. The summed E-state index contributed by atoms with van der Waals surface area (Å²) in [5.41, 5.74) is 5.06. The number of benzene rings is 1. The molecular weight excluding hydrogens is 317 g/mol. The highest BCUT2D eigenvalue weighted by atomic mass is 79.9. The Balaban J connectivity index is 2.13. The third-order valence-corrected chi connectivity index (χ3v) is 3.73. The maximum absolute atomic E-state index is 13.6. The lowest BCUT2D eigenvalue weighted by molar-refractivity contribution is 0.624. The van der Waals surface area contributed by atoms with Crippen molar-refractivity contribution >= 4 is 38.6 Å². The maximum atomic E-state index is 13.6. The van der Waals surface area contributed by atoms with Crippen molar-refractivity contribution in [1.82, 2.24) is 4.98 Å². The fraction of sp³-hybridized carbons (Fsp3) is 0.167. The summed E-state index contributed by atoms with van der Waals surface area (Å²) in [5.74, 6) is -0.284. The Bertz CT molecular complexity index is 568. The molecule has 0 atom stereocenters. The van der Waals surface area contributed by atoms with Crippen molar-refractivity contribution < 1.29 is 4.39 Å². The van der Waals surface area contributed by atoms with Crippen LogP contribution < -0.4 is 5.43 Å². The molecule has 0 saturated heterocycles. The van der Waals surface area contributed by atoms with Crippen LogP contribution in [0.1, 0.15) is 16.8 Å². The summed E-state index contributed by atoms with van der Waals surface area (Å²) >= 11 is 4.78. The van der Waals surface area contributed by atoms with E-state index in [2.05, 4.69) is 31.4 Å². The molecule has 0 aliphatic heterocycles. The summed E-state index contributed by atoms with van der Waals surface area (Å²) in [6, 6.07) is 4.95. The van der Waals surface area contributed by atoms with Crippen LogP contribution in [0.5, 0.6) is 0 Å². The Kier molecular flexibility index (Phi) is 4.43. The maximum Gasteiger partial charge on any atom is 0.203 e. The molecule has 0 radical (unpaired) electrons. The molecule has 1 heterocycles. The summed E-state index contributed by atoms with van der Waals surface area (Å²) in [5, 5.41) is 7.21. The first-order valence-electron chi connectivity index (χ1n) is 5.25. The van der Waals surface area contributed by atoms with Gasteiger partial charge in [0.15, 0.2) is 0 Å². The van der Waals surface area contributed by atoms with E-state index in [9.17, 15) is 4.39 Å². The number of nitrogens with zero attached hydrogens (tertiary/aromatic N) is 2. The van der Waals surface area contributed by atoms with Crippen molar-refractivity contribution in [3.63, 3.8) is 0 Å². The second-order valence-electron chi connectivity index (χ2n) is 3.61. The molecule has 0 bridgehead atoms. The minimum Gasteiger partial charge on any atom is -0.253 e. The van der Waals surface area contributed by atoms with Gasteiger partial charge in [-0.1, -0.05) is 28.1 Å². The first-order chi connectivity index (χ1) is 8.70. The lowest BCUT2D eigenvalue weighted by Gasteiger charge is -2.02. The molecule has 0 unspecified atom stereocenters. The molecule has 0 saturated carbocycles. The summed E-state index contributed by atoms with van der Waals surface area (Å²) in [6.45, 7) is 1.91. The quantitative estimate of drug-likeness (QED) is 0.524. The summed E-state index contributed by atoms with van der Waals surface area (Å²) in [7, 11) is 0. The fourth-order valence-corrected chi connectivity index (χ4v) is 2.53. The number of hydrazone groups is 1. The monoisotopic (exact) mass is 327 g/mol. The number of hydrogen-bond donors (Lipinski definition) is 1. The molecule has 0 spiro atoms. The zero-order chi connectivity index (χ0) is 13.0. The Morgan fingerprint density at radius 3 is 3.06 bits per heavy atom. The van der Waals surface area contributed by atoms with Crippen LogP contribution in [0.3, 0.4) is 0 Å². The van der Waals surface area contributed by atoms with Gasteiger partial charge in [0.2, 0.25) is 5.13 Å². The predicted octanol–water partition coefficient (Wildman–Crippen LogP) is 3.93. The number of hydrogen-bond acceptors (Lipinski definition) is 4. The molecule has 94 valence electrons. The molecule has 0 aliphatic carbocycles. The number of nitrogens with one attached hydrogen (secondary N) is 1. The molecule has 0 fully saturated rings. The van der Waals surface area contributed by atoms with Crippen LogP contribution in [0, 0.1) is 12.7 Å². The van der Waals surface area contributed by atoms with Gasteiger partial charge >= 0.3 is 0 Å². The average Bonchev–Trinajstić information content (AvgIpc) is 2.77. The van der Waals surface area contributed by atoms with E-state index in [0.717, 1.165) is 11.3 Å². The molecule has 1 aromatic heterocycles. The smallest absolute Gasteiger partial charge is 0.203 e. The number of rotatable bonds is 4. The summed E-state index contributed by atoms with van der Waals surface area (Å²) < 4.78 is 13.6. The van der Waals surface area contributed by atoms with Gasteiger partial charge in [0.25, 0.3) is 0 Å². The van der Waals surface area contributed by atoms with Gasteiger partial charge in [-0.15, -0.1) is 11.3 Å². The predicted molar refractivity (Wildman–Crippen MR) is 77.1 cm³/mol. The molecule has 0 aliphatic rings. The Morgan fingerprint density at radius 2 is 2.39 bits per heavy atom. The largest absolute Gasteiger partial charge is 0.253 e. The summed E-state index contributed by atoms with van der Waals surface area (Å²) in [6.07, 6.45) is 1.47. The lowest BCUT2D eigenvalue weighted by Crippen LogP contribution is -1.97. The molecule has 6 heteroatoms. The molecule has 18 heavy (non-hydrogen) atoms. The van der Waals surface area contributed by atoms with E-state index in [-0.39, 0.29) is 5.82 Å². The van der Waals surface area contributed by atoms with Gasteiger partial charge in [0.1, 0.15) is 5.82 Å². The van der Waals surface area contributed by atoms with Gasteiger partial charge in [-0.2, -0.15) is 5.10 Å². The molecule has 2 rings (SSSR count). The Labute approximate surface area is 117 Å². The minimum atomic E-state index is -0.284. The Hall–Kier alpha value is -1.27. The van der Waals surface area contributed by atoms with Gasteiger partial charge in [-0.3, -0.25) is 5.43 Å². The minimum absolute atomic E-state index is 0.284. The SMILES string of the molecule is Cc1csc(NN=Cc2c(F)cccc2CBr)n1. The topological polar surface area (TPSA) is 37.3 Å². The number of anilines is 1. The van der Waals surface area contributed by atoms with Crippen LogP contribution in [0.15, 0.2) is 28.7 Å². The van der Waals surface area contributed by atoms with Crippen molar-refractivity contribution in [2.75, 3.05) is 5.43 Å². The van der Waals surface area contributed by atoms with E-state index >= 15 is 0 Å². The van der Waals surface area contributed by atoms with E-state index in [1.54, 1.807) is 6.07 Å². The highest BCUT2D eigenvalue weighted by molar-refractivity contribution is 9.08. The first-order valence-corrected chi connectivity index (χ1v) is 7.25. The van der Waals surface area contributed by atoms with Crippen molar-refractivity contribution in [1.29, 1.82) is 0 Å². The second-order valence-corrected chi connectivity index (χ2v) is 5.03. The summed E-state index contributed by atoms with van der Waals surface area (Å²) in [4.78, 5) is 4.20. The number of alkyl halides is 1.